The highest BCUT2D eigenvalue weighted by Crippen LogP contribution is 2.64. The molecule has 30 heavy (non-hydrogen) atoms. The highest BCUT2D eigenvalue weighted by atomic mass is 17.3. The third-order valence-corrected chi connectivity index (χ3v) is 9.33. The summed E-state index contributed by atoms with van der Waals surface area (Å²) in [7, 11) is 0. The highest BCUT2D eigenvalue weighted by molar-refractivity contribution is 5.76. The van der Waals surface area contributed by atoms with E-state index in [0.717, 1.165) is 63.2 Å². The van der Waals surface area contributed by atoms with Crippen molar-refractivity contribution in [2.75, 3.05) is 0 Å². The van der Waals surface area contributed by atoms with Crippen LogP contribution < -0.4 is 11.1 Å². The Morgan fingerprint density at radius 1 is 0.933 bits per heavy atom. The van der Waals surface area contributed by atoms with Gasteiger partial charge < -0.3 is 15.8 Å². The average molecular weight is 419 g/mol. The maximum absolute atomic E-state index is 12.7. The summed E-state index contributed by atoms with van der Waals surface area (Å²) in [5, 5.41) is 3.26. The third-order valence-electron chi connectivity index (χ3n) is 9.33. The zero-order valence-corrected chi connectivity index (χ0v) is 18.2. The number of hydrogen-bond acceptors (Lipinski definition) is 5. The number of carbonyl (C=O) groups is 1. The van der Waals surface area contributed by atoms with Crippen molar-refractivity contribution in [1.82, 2.24) is 5.32 Å². The molecule has 2 atom stereocenters. The molecule has 1 aliphatic heterocycles. The van der Waals surface area contributed by atoms with Gasteiger partial charge in [-0.25, -0.2) is 0 Å². The fraction of sp³-hybridized carbons (Fsp3) is 0.958. The molecule has 2 spiro atoms. The van der Waals surface area contributed by atoms with E-state index in [0.29, 0.717) is 36.3 Å². The van der Waals surface area contributed by atoms with Crippen LogP contribution in [0.4, 0.5) is 0 Å². The minimum atomic E-state index is -0.629. The molecule has 168 valence electrons. The molecule has 6 saturated carbocycles. The van der Waals surface area contributed by atoms with Gasteiger partial charge in [0.1, 0.15) is 0 Å². The Bertz CT molecular complexity index is 648. The Hall–Kier alpha value is -0.690. The maximum Gasteiger partial charge on any atom is 0.220 e. The van der Waals surface area contributed by atoms with Gasteiger partial charge in [-0.15, -0.1) is 0 Å². The van der Waals surface area contributed by atoms with Crippen molar-refractivity contribution < 1.29 is 19.3 Å². The van der Waals surface area contributed by atoms with Crippen LogP contribution >= 0.6 is 0 Å². The number of nitrogens with two attached hydrogens (primary N) is 1. The van der Waals surface area contributed by atoms with Gasteiger partial charge in [-0.2, -0.15) is 9.78 Å². The SMILES string of the molecule is N[C@H]1CC[C@H](NC(=O)C[C@@H]2CCC[C@]3(C2)OO[C@]2(O3)C3CC4CC(C3)C[C@@H]2C4)CC1. The van der Waals surface area contributed by atoms with Crippen molar-refractivity contribution in [2.24, 2.45) is 35.3 Å². The number of carbonyl (C=O) groups excluding carboxylic acids is 1. The second-order valence-corrected chi connectivity index (χ2v) is 11.6. The molecule has 1 amide bonds. The summed E-state index contributed by atoms with van der Waals surface area (Å²) in [6.07, 6.45) is 14.8. The molecule has 0 radical (unpaired) electrons. The predicted molar refractivity (Wildman–Crippen MR) is 111 cm³/mol. The van der Waals surface area contributed by atoms with Crippen LogP contribution in [0.25, 0.3) is 0 Å². The van der Waals surface area contributed by atoms with Crippen molar-refractivity contribution >= 4 is 5.91 Å². The summed E-state index contributed by atoms with van der Waals surface area (Å²) >= 11 is 0. The molecule has 1 heterocycles. The van der Waals surface area contributed by atoms with Crippen LogP contribution in [-0.2, 0) is 19.3 Å². The fourth-order valence-corrected chi connectivity index (χ4v) is 8.07. The summed E-state index contributed by atoms with van der Waals surface area (Å²) in [6.45, 7) is 0. The molecule has 1 saturated heterocycles. The van der Waals surface area contributed by atoms with E-state index >= 15 is 0 Å². The number of hydrogen-bond donors (Lipinski definition) is 2. The number of ether oxygens (including phenoxy) is 1. The first-order valence-corrected chi connectivity index (χ1v) is 12.6. The smallest absolute Gasteiger partial charge is 0.220 e. The third kappa shape index (κ3) is 3.42. The standard InChI is InChI=1S/C24H38N2O4/c25-20-3-5-21(6-4-20)26-22(27)13-15-2-1-7-23(14-15)28-24(30-29-23)18-9-16-8-17(11-18)12-19(24)10-16/h15-21H,1-14,25H2,(H,26,27)/t15-,16?,17?,18-,19?,20-,21-,23+,24-/m0/s1. The van der Waals surface area contributed by atoms with Crippen LogP contribution in [-0.4, -0.2) is 29.6 Å². The van der Waals surface area contributed by atoms with Crippen LogP contribution in [0, 0.1) is 29.6 Å². The van der Waals surface area contributed by atoms with Crippen LogP contribution in [0.1, 0.15) is 89.9 Å². The van der Waals surface area contributed by atoms with Gasteiger partial charge in [0.05, 0.1) is 0 Å². The summed E-state index contributed by atoms with van der Waals surface area (Å²) in [5.74, 6) is 2.09. The minimum Gasteiger partial charge on any atom is -0.353 e. The summed E-state index contributed by atoms with van der Waals surface area (Å²) in [5.41, 5.74) is 5.99. The molecule has 0 aromatic carbocycles. The maximum atomic E-state index is 12.7. The Labute approximate surface area is 179 Å². The molecule has 3 N–H and O–H groups in total. The van der Waals surface area contributed by atoms with Gasteiger partial charge in [0.25, 0.3) is 0 Å². The van der Waals surface area contributed by atoms with E-state index in [2.05, 4.69) is 5.32 Å². The van der Waals surface area contributed by atoms with Gasteiger partial charge in [-0.05, 0) is 88.4 Å². The first-order valence-electron chi connectivity index (χ1n) is 12.6. The van der Waals surface area contributed by atoms with Crippen molar-refractivity contribution in [1.29, 1.82) is 0 Å². The molecule has 7 rings (SSSR count). The molecule has 6 heteroatoms. The number of amides is 1. The first-order chi connectivity index (χ1) is 14.5. The molecule has 6 nitrogen and oxygen atoms in total. The van der Waals surface area contributed by atoms with Gasteiger partial charge in [0, 0.05) is 43.2 Å². The molecule has 0 aromatic heterocycles. The molecule has 7 fully saturated rings. The largest absolute Gasteiger partial charge is 0.353 e. The van der Waals surface area contributed by atoms with E-state index in [4.69, 9.17) is 20.2 Å². The monoisotopic (exact) mass is 418 g/mol. The Morgan fingerprint density at radius 2 is 1.63 bits per heavy atom. The fourth-order valence-electron chi connectivity index (χ4n) is 8.07. The van der Waals surface area contributed by atoms with Gasteiger partial charge in [-0.1, -0.05) is 0 Å². The normalized spacial score (nSPS) is 52.2. The lowest BCUT2D eigenvalue weighted by Gasteiger charge is -2.57. The molecule has 0 unspecified atom stereocenters. The highest BCUT2D eigenvalue weighted by Gasteiger charge is 2.67. The van der Waals surface area contributed by atoms with Crippen LogP contribution in [0.5, 0.6) is 0 Å². The summed E-state index contributed by atoms with van der Waals surface area (Å²) < 4.78 is 6.84. The van der Waals surface area contributed by atoms with E-state index in [1.165, 1.54) is 32.1 Å². The quantitative estimate of drug-likeness (QED) is 0.682. The Kier molecular flexibility index (Phi) is 4.94. The lowest BCUT2D eigenvalue weighted by molar-refractivity contribution is -0.390. The predicted octanol–water partition coefficient (Wildman–Crippen LogP) is 3.78. The molecule has 4 bridgehead atoms. The topological polar surface area (TPSA) is 82.8 Å². The van der Waals surface area contributed by atoms with E-state index < -0.39 is 11.6 Å². The first kappa shape index (κ1) is 20.0. The van der Waals surface area contributed by atoms with Gasteiger partial charge >= 0.3 is 0 Å². The van der Waals surface area contributed by atoms with Gasteiger partial charge in [0.2, 0.25) is 17.5 Å². The van der Waals surface area contributed by atoms with Crippen molar-refractivity contribution in [3.05, 3.63) is 0 Å². The van der Waals surface area contributed by atoms with Crippen molar-refractivity contribution in [2.45, 2.75) is 114 Å². The zero-order chi connectivity index (χ0) is 20.3. The van der Waals surface area contributed by atoms with Crippen LogP contribution in [0.15, 0.2) is 0 Å². The second-order valence-electron chi connectivity index (χ2n) is 11.6. The van der Waals surface area contributed by atoms with Gasteiger partial charge in [0.15, 0.2) is 0 Å². The van der Waals surface area contributed by atoms with E-state index in [-0.39, 0.29) is 5.91 Å². The summed E-state index contributed by atoms with van der Waals surface area (Å²) in [6, 6.07) is 0.610. The lowest BCUT2D eigenvalue weighted by atomic mass is 9.53. The lowest BCUT2D eigenvalue weighted by Crippen LogP contribution is -2.59. The van der Waals surface area contributed by atoms with Crippen LogP contribution in [0.2, 0.25) is 0 Å². The second kappa shape index (κ2) is 7.43. The Balaban J connectivity index is 1.08. The molecule has 6 aliphatic carbocycles. The van der Waals surface area contributed by atoms with Crippen molar-refractivity contribution in [3.8, 4) is 0 Å². The van der Waals surface area contributed by atoms with Crippen molar-refractivity contribution in [3.63, 3.8) is 0 Å². The number of nitrogens with one attached hydrogen (secondary N) is 1. The van der Waals surface area contributed by atoms with E-state index in [1.54, 1.807) is 0 Å². The molecular weight excluding hydrogens is 380 g/mol. The summed E-state index contributed by atoms with van der Waals surface area (Å²) in [4.78, 5) is 24.9. The van der Waals surface area contributed by atoms with Crippen LogP contribution in [0.3, 0.4) is 0 Å². The van der Waals surface area contributed by atoms with Gasteiger partial charge in [-0.3, -0.25) is 4.79 Å². The minimum absolute atomic E-state index is 0.181. The van der Waals surface area contributed by atoms with E-state index in [9.17, 15) is 4.79 Å². The number of rotatable bonds is 3. The Morgan fingerprint density at radius 3 is 2.33 bits per heavy atom. The average Bonchev–Trinajstić information content (AvgIpc) is 3.07. The molecular formula is C24H38N2O4. The van der Waals surface area contributed by atoms with E-state index in [1.807, 2.05) is 0 Å². The zero-order valence-electron chi connectivity index (χ0n) is 18.2. The molecule has 7 aliphatic rings. The molecule has 0 aromatic rings.